The molecule has 0 unspecified atom stereocenters. The van der Waals surface area contributed by atoms with Crippen LogP contribution < -0.4 is 4.74 Å². The molecule has 0 bridgehead atoms. The number of carbonyl (C=O) groups is 1. The lowest BCUT2D eigenvalue weighted by Gasteiger charge is -2.20. The van der Waals surface area contributed by atoms with Crippen LogP contribution in [0.5, 0.6) is 5.75 Å². The highest BCUT2D eigenvalue weighted by atomic mass is 79.9. The molecule has 1 aromatic carbocycles. The summed E-state index contributed by atoms with van der Waals surface area (Å²) in [6.45, 7) is 8.37. The summed E-state index contributed by atoms with van der Waals surface area (Å²) in [5.41, 5.74) is 2.20. The lowest BCUT2D eigenvalue weighted by atomic mass is 9.86. The van der Waals surface area contributed by atoms with Gasteiger partial charge in [-0.2, -0.15) is 0 Å². The molecule has 0 spiro atoms. The number of esters is 1. The average Bonchev–Trinajstić information content (AvgIpc) is 2.77. The van der Waals surface area contributed by atoms with Gasteiger partial charge in [-0.15, -0.1) is 0 Å². The minimum absolute atomic E-state index is 0.0686. The molecule has 0 aliphatic rings. The van der Waals surface area contributed by atoms with Gasteiger partial charge in [-0.05, 0) is 57.6 Å². The Kier molecular flexibility index (Phi) is 4.04. The van der Waals surface area contributed by atoms with E-state index in [1.54, 1.807) is 12.1 Å². The summed E-state index contributed by atoms with van der Waals surface area (Å²) >= 11 is 3.16. The number of benzene rings is 1. The van der Waals surface area contributed by atoms with Crippen LogP contribution in [0.25, 0.3) is 0 Å². The van der Waals surface area contributed by atoms with E-state index in [1.807, 2.05) is 25.1 Å². The van der Waals surface area contributed by atoms with Crippen LogP contribution in [0.1, 0.15) is 42.5 Å². The van der Waals surface area contributed by atoms with E-state index >= 15 is 0 Å². The molecule has 0 saturated carbocycles. The number of halogens is 1. The first-order valence-corrected chi connectivity index (χ1v) is 7.15. The maximum absolute atomic E-state index is 11.9. The highest BCUT2D eigenvalue weighted by molar-refractivity contribution is 9.10. The third kappa shape index (κ3) is 3.31. The van der Waals surface area contributed by atoms with Crippen molar-refractivity contribution in [3.63, 3.8) is 0 Å². The largest absolute Gasteiger partial charge is 0.442 e. The zero-order valence-electron chi connectivity index (χ0n) is 12.0. The molecule has 0 radical (unpaired) electrons. The third-order valence-corrected chi connectivity index (χ3v) is 3.44. The predicted molar refractivity (Wildman–Crippen MR) is 81.2 cm³/mol. The van der Waals surface area contributed by atoms with E-state index in [-0.39, 0.29) is 11.2 Å². The van der Waals surface area contributed by atoms with E-state index in [1.165, 1.54) is 5.56 Å². The first-order valence-electron chi connectivity index (χ1n) is 6.36. The topological polar surface area (TPSA) is 39.4 Å². The van der Waals surface area contributed by atoms with Crippen molar-refractivity contribution in [2.24, 2.45) is 0 Å². The lowest BCUT2D eigenvalue weighted by molar-refractivity contribution is 0.0698. The van der Waals surface area contributed by atoms with Crippen LogP contribution in [0.2, 0.25) is 0 Å². The minimum atomic E-state index is -0.498. The zero-order chi connectivity index (χ0) is 14.9. The van der Waals surface area contributed by atoms with E-state index in [0.717, 1.165) is 5.56 Å². The van der Waals surface area contributed by atoms with Gasteiger partial charge in [-0.1, -0.05) is 32.9 Å². The molecule has 106 valence electrons. The molecule has 3 nitrogen and oxygen atoms in total. The van der Waals surface area contributed by atoms with E-state index in [4.69, 9.17) is 9.15 Å². The molecule has 0 atom stereocenters. The van der Waals surface area contributed by atoms with E-state index in [2.05, 4.69) is 36.7 Å². The number of ether oxygens (including phenoxy) is 1. The molecular formula is C16H17BrO3. The Morgan fingerprint density at radius 1 is 1.20 bits per heavy atom. The Balaban J connectivity index is 2.20. The van der Waals surface area contributed by atoms with Gasteiger partial charge in [0, 0.05) is 0 Å². The number of aryl methyl sites for hydroxylation is 1. The normalized spacial score (nSPS) is 11.4. The minimum Gasteiger partial charge on any atom is -0.442 e. The van der Waals surface area contributed by atoms with Crippen molar-refractivity contribution in [3.8, 4) is 5.75 Å². The fourth-order valence-electron chi connectivity index (χ4n) is 1.80. The van der Waals surface area contributed by atoms with Gasteiger partial charge in [0.15, 0.2) is 4.67 Å². The average molecular weight is 337 g/mol. The Morgan fingerprint density at radius 2 is 1.90 bits per heavy atom. The maximum Gasteiger partial charge on any atom is 0.379 e. The molecule has 0 fully saturated rings. The van der Waals surface area contributed by atoms with Crippen LogP contribution in [-0.4, -0.2) is 5.97 Å². The molecule has 1 heterocycles. The molecule has 0 saturated heterocycles. The first kappa shape index (κ1) is 14.9. The predicted octanol–water partition coefficient (Wildman–Crippen LogP) is 4.87. The number of carbonyl (C=O) groups excluding carboxylic acids is 1. The van der Waals surface area contributed by atoms with Gasteiger partial charge in [-0.25, -0.2) is 4.79 Å². The van der Waals surface area contributed by atoms with Crippen molar-refractivity contribution in [2.75, 3.05) is 0 Å². The van der Waals surface area contributed by atoms with Crippen molar-refractivity contribution in [1.82, 2.24) is 0 Å². The third-order valence-electron chi connectivity index (χ3n) is 3.02. The monoisotopic (exact) mass is 336 g/mol. The molecule has 0 amide bonds. The van der Waals surface area contributed by atoms with Gasteiger partial charge in [0.1, 0.15) is 5.75 Å². The summed E-state index contributed by atoms with van der Waals surface area (Å²) in [5, 5.41) is 0. The first-order chi connectivity index (χ1) is 9.27. The zero-order valence-corrected chi connectivity index (χ0v) is 13.6. The molecular weight excluding hydrogens is 320 g/mol. The fourth-order valence-corrected chi connectivity index (χ4v) is 2.11. The van der Waals surface area contributed by atoms with Gasteiger partial charge in [-0.3, -0.25) is 0 Å². The molecule has 20 heavy (non-hydrogen) atoms. The number of hydrogen-bond acceptors (Lipinski definition) is 3. The summed E-state index contributed by atoms with van der Waals surface area (Å²) in [6, 6.07) is 9.08. The highest BCUT2D eigenvalue weighted by Gasteiger charge is 2.17. The second-order valence-electron chi connectivity index (χ2n) is 5.72. The van der Waals surface area contributed by atoms with E-state index in [9.17, 15) is 4.79 Å². The Hall–Kier alpha value is -1.55. The Morgan fingerprint density at radius 3 is 2.40 bits per heavy atom. The van der Waals surface area contributed by atoms with Gasteiger partial charge >= 0.3 is 5.97 Å². The van der Waals surface area contributed by atoms with Crippen LogP contribution in [0.3, 0.4) is 0 Å². The van der Waals surface area contributed by atoms with Crippen molar-refractivity contribution in [3.05, 3.63) is 51.9 Å². The lowest BCUT2D eigenvalue weighted by Crippen LogP contribution is -2.12. The maximum atomic E-state index is 11.9. The van der Waals surface area contributed by atoms with Gasteiger partial charge in [0.2, 0.25) is 5.76 Å². The standard InChI is InChI=1S/C16H17BrO3/c1-10-9-11(16(2,3)4)5-6-12(10)20-15(18)13-7-8-14(17)19-13/h5-9H,1-4H3. The quantitative estimate of drug-likeness (QED) is 0.580. The summed E-state index contributed by atoms with van der Waals surface area (Å²) in [7, 11) is 0. The molecule has 0 aliphatic carbocycles. The van der Waals surface area contributed by atoms with Gasteiger partial charge in [0.25, 0.3) is 0 Å². The summed E-state index contributed by atoms with van der Waals surface area (Å²) in [5.74, 6) is 0.231. The molecule has 4 heteroatoms. The van der Waals surface area contributed by atoms with Crippen molar-refractivity contribution < 1.29 is 13.9 Å². The molecule has 2 aromatic rings. The molecule has 0 N–H and O–H groups in total. The summed E-state index contributed by atoms with van der Waals surface area (Å²) in [6.07, 6.45) is 0. The smallest absolute Gasteiger partial charge is 0.379 e. The Labute approximate surface area is 127 Å². The van der Waals surface area contributed by atoms with E-state index < -0.39 is 5.97 Å². The van der Waals surface area contributed by atoms with Crippen LogP contribution in [0.4, 0.5) is 0 Å². The van der Waals surface area contributed by atoms with Crippen molar-refractivity contribution >= 4 is 21.9 Å². The second-order valence-corrected chi connectivity index (χ2v) is 6.51. The molecule has 2 rings (SSSR count). The van der Waals surface area contributed by atoms with Crippen LogP contribution in [0.15, 0.2) is 39.4 Å². The SMILES string of the molecule is Cc1cc(C(C)(C)C)ccc1OC(=O)c1ccc(Br)o1. The van der Waals surface area contributed by atoms with Crippen LogP contribution in [0, 0.1) is 6.92 Å². The number of rotatable bonds is 2. The van der Waals surface area contributed by atoms with Gasteiger partial charge < -0.3 is 9.15 Å². The van der Waals surface area contributed by atoms with E-state index in [0.29, 0.717) is 10.4 Å². The Bertz CT molecular complexity index is 635. The molecule has 0 aliphatic heterocycles. The fraction of sp³-hybridized carbons (Fsp3) is 0.312. The summed E-state index contributed by atoms with van der Waals surface area (Å²) in [4.78, 5) is 11.9. The molecule has 1 aromatic heterocycles. The van der Waals surface area contributed by atoms with Crippen LogP contribution in [-0.2, 0) is 5.41 Å². The summed E-state index contributed by atoms with van der Waals surface area (Å²) < 4.78 is 11.0. The number of hydrogen-bond donors (Lipinski definition) is 0. The number of furan rings is 1. The second kappa shape index (κ2) is 5.44. The van der Waals surface area contributed by atoms with Crippen molar-refractivity contribution in [2.45, 2.75) is 33.1 Å². The highest BCUT2D eigenvalue weighted by Crippen LogP contribution is 2.28. The van der Waals surface area contributed by atoms with Crippen LogP contribution >= 0.6 is 15.9 Å². The van der Waals surface area contributed by atoms with Gasteiger partial charge in [0.05, 0.1) is 0 Å². The van der Waals surface area contributed by atoms with Crippen molar-refractivity contribution in [1.29, 1.82) is 0 Å².